The van der Waals surface area contributed by atoms with Crippen LogP contribution in [0.1, 0.15) is 0 Å². The molecule has 8 nitrogen and oxygen atoms in total. The van der Waals surface area contributed by atoms with Crippen LogP contribution in [0.2, 0.25) is 0 Å². The zero-order valence-electron chi connectivity index (χ0n) is 17.8. The largest absolute Gasteiger partial charge is 0.573 e. The average Bonchev–Trinajstić information content (AvgIpc) is 2.77. The molecule has 34 heavy (non-hydrogen) atoms. The van der Waals surface area contributed by atoms with Crippen LogP contribution in [0.3, 0.4) is 0 Å². The third-order valence-electron chi connectivity index (χ3n) is 4.62. The normalized spacial score (nSPS) is 11.8. The first-order chi connectivity index (χ1) is 15.9. The van der Waals surface area contributed by atoms with Crippen molar-refractivity contribution in [1.82, 2.24) is 9.62 Å². The van der Waals surface area contributed by atoms with Gasteiger partial charge in [0.05, 0.1) is 18.0 Å². The molecular formula is C22H20F3N3O5S. The molecule has 0 saturated carbocycles. The zero-order valence-corrected chi connectivity index (χ0v) is 18.6. The number of amides is 2. The van der Waals surface area contributed by atoms with Gasteiger partial charge in [-0.1, -0.05) is 30.3 Å². The van der Waals surface area contributed by atoms with Crippen LogP contribution in [-0.4, -0.2) is 51.6 Å². The van der Waals surface area contributed by atoms with Crippen molar-refractivity contribution in [3.63, 3.8) is 0 Å². The van der Waals surface area contributed by atoms with Gasteiger partial charge in [-0.2, -0.15) is 0 Å². The number of fused-ring (bicyclic) bond motifs is 1. The summed E-state index contributed by atoms with van der Waals surface area (Å²) in [5.74, 6) is -1.73. The Morgan fingerprint density at radius 3 is 2.26 bits per heavy atom. The van der Waals surface area contributed by atoms with Crippen LogP contribution in [0.5, 0.6) is 5.75 Å². The minimum absolute atomic E-state index is 0.00246. The predicted octanol–water partition coefficient (Wildman–Crippen LogP) is 3.11. The van der Waals surface area contributed by atoms with Gasteiger partial charge in [-0.15, -0.1) is 13.2 Å². The number of anilines is 1. The van der Waals surface area contributed by atoms with E-state index in [-0.39, 0.29) is 10.6 Å². The molecule has 3 aromatic carbocycles. The molecule has 0 fully saturated rings. The summed E-state index contributed by atoms with van der Waals surface area (Å²) < 4.78 is 67.6. The molecule has 0 aromatic heterocycles. The van der Waals surface area contributed by atoms with Crippen LogP contribution in [0.4, 0.5) is 18.9 Å². The van der Waals surface area contributed by atoms with Crippen LogP contribution in [0, 0.1) is 0 Å². The first kappa shape index (κ1) is 25.0. The van der Waals surface area contributed by atoms with Gasteiger partial charge in [0.2, 0.25) is 21.8 Å². The smallest absolute Gasteiger partial charge is 0.406 e. The molecule has 0 aliphatic rings. The van der Waals surface area contributed by atoms with Gasteiger partial charge >= 0.3 is 6.36 Å². The van der Waals surface area contributed by atoms with Crippen LogP contribution < -0.4 is 14.8 Å². The Morgan fingerprint density at radius 2 is 1.62 bits per heavy atom. The van der Waals surface area contributed by atoms with E-state index in [0.29, 0.717) is 0 Å². The summed E-state index contributed by atoms with van der Waals surface area (Å²) in [5, 5.41) is 4.02. The number of likely N-dealkylation sites (N-methyl/N-ethyl adjacent to an activating group) is 1. The highest BCUT2D eigenvalue weighted by molar-refractivity contribution is 7.89. The molecule has 180 valence electrons. The molecule has 3 rings (SSSR count). The highest BCUT2D eigenvalue weighted by Gasteiger charge is 2.31. The molecule has 0 aliphatic heterocycles. The van der Waals surface area contributed by atoms with E-state index in [1.807, 2.05) is 12.1 Å². The van der Waals surface area contributed by atoms with Crippen molar-refractivity contribution in [1.29, 1.82) is 0 Å². The number of nitrogens with one attached hydrogen (secondary N) is 2. The van der Waals surface area contributed by atoms with Crippen molar-refractivity contribution >= 4 is 38.3 Å². The van der Waals surface area contributed by atoms with Gasteiger partial charge in [0.15, 0.2) is 0 Å². The summed E-state index contributed by atoms with van der Waals surface area (Å²) >= 11 is 0. The molecule has 0 atom stereocenters. The lowest BCUT2D eigenvalue weighted by Gasteiger charge is -2.17. The molecular weight excluding hydrogens is 475 g/mol. The second kappa shape index (κ2) is 10.1. The third kappa shape index (κ3) is 6.93. The van der Waals surface area contributed by atoms with E-state index >= 15 is 0 Å². The monoisotopic (exact) mass is 495 g/mol. The fourth-order valence-electron chi connectivity index (χ4n) is 2.95. The maximum Gasteiger partial charge on any atom is 0.573 e. The summed E-state index contributed by atoms with van der Waals surface area (Å²) in [6.45, 7) is -0.972. The highest BCUT2D eigenvalue weighted by atomic mass is 32.2. The number of carbonyl (C=O) groups excluding carboxylic acids is 2. The number of benzene rings is 3. The van der Waals surface area contributed by atoms with E-state index in [2.05, 4.69) is 14.8 Å². The van der Waals surface area contributed by atoms with Crippen molar-refractivity contribution in [3.05, 3.63) is 66.7 Å². The summed E-state index contributed by atoms with van der Waals surface area (Å²) in [5.41, 5.74) is 0.192. The molecule has 12 heteroatoms. The number of hydrogen-bond donors (Lipinski definition) is 2. The minimum Gasteiger partial charge on any atom is -0.406 e. The molecule has 0 spiro atoms. The van der Waals surface area contributed by atoms with Crippen molar-refractivity contribution in [3.8, 4) is 5.75 Å². The Labute approximate surface area is 193 Å². The summed E-state index contributed by atoms with van der Waals surface area (Å²) in [4.78, 5) is 25.4. The quantitative estimate of drug-likeness (QED) is 0.500. The number of sulfonamides is 1. The highest BCUT2D eigenvalue weighted by Crippen LogP contribution is 2.24. The zero-order chi connectivity index (χ0) is 24.9. The van der Waals surface area contributed by atoms with Gasteiger partial charge in [-0.05, 0) is 47.2 Å². The molecule has 0 radical (unpaired) electrons. The molecule has 2 N–H and O–H groups in total. The lowest BCUT2D eigenvalue weighted by molar-refractivity contribution is -0.274. The van der Waals surface area contributed by atoms with Gasteiger partial charge in [0.1, 0.15) is 5.75 Å². The second-order valence-corrected chi connectivity index (χ2v) is 8.97. The third-order valence-corrected chi connectivity index (χ3v) is 6.02. The topological polar surface area (TPSA) is 105 Å². The lowest BCUT2D eigenvalue weighted by atomic mass is 10.1. The molecule has 0 saturated heterocycles. The minimum atomic E-state index is -4.83. The molecule has 0 bridgehead atoms. The Hall–Kier alpha value is -3.64. The van der Waals surface area contributed by atoms with Gasteiger partial charge in [0.25, 0.3) is 0 Å². The number of ether oxygens (including phenoxy) is 1. The van der Waals surface area contributed by atoms with E-state index < -0.39 is 47.0 Å². The Bertz CT molecular complexity index is 1300. The SMILES string of the molecule is CN(CC(=O)Nc1ccc(OC(F)(F)F)cc1)C(=O)CNS(=O)(=O)c1ccc2ccccc2c1. The summed E-state index contributed by atoms with van der Waals surface area (Å²) in [6.07, 6.45) is -4.83. The maximum absolute atomic E-state index is 12.5. The fourth-order valence-corrected chi connectivity index (χ4v) is 3.96. The average molecular weight is 495 g/mol. The van der Waals surface area contributed by atoms with Gasteiger partial charge < -0.3 is 15.0 Å². The number of rotatable bonds is 8. The van der Waals surface area contributed by atoms with Crippen LogP contribution in [-0.2, 0) is 19.6 Å². The fraction of sp³-hybridized carbons (Fsp3) is 0.182. The Morgan fingerprint density at radius 1 is 0.971 bits per heavy atom. The van der Waals surface area contributed by atoms with Crippen LogP contribution >= 0.6 is 0 Å². The van der Waals surface area contributed by atoms with Crippen LogP contribution in [0.15, 0.2) is 71.6 Å². The molecule has 2 amide bonds. The van der Waals surface area contributed by atoms with Crippen molar-refractivity contribution in [2.75, 3.05) is 25.5 Å². The molecule has 0 heterocycles. The number of nitrogens with zero attached hydrogens (tertiary/aromatic N) is 1. The molecule has 0 aliphatic carbocycles. The summed E-state index contributed by atoms with van der Waals surface area (Å²) in [6, 6.07) is 16.3. The number of hydrogen-bond acceptors (Lipinski definition) is 5. The number of halogens is 3. The van der Waals surface area contributed by atoms with Gasteiger partial charge in [0, 0.05) is 12.7 Å². The van der Waals surface area contributed by atoms with E-state index in [4.69, 9.17) is 0 Å². The Balaban J connectivity index is 1.52. The van der Waals surface area contributed by atoms with Crippen molar-refractivity contribution in [2.45, 2.75) is 11.3 Å². The first-order valence-electron chi connectivity index (χ1n) is 9.81. The van der Waals surface area contributed by atoms with Gasteiger partial charge in [-0.3, -0.25) is 9.59 Å². The maximum atomic E-state index is 12.5. The van der Waals surface area contributed by atoms with Gasteiger partial charge in [-0.25, -0.2) is 13.1 Å². The standard InChI is InChI=1S/C22H20F3N3O5S/c1-28(14-20(29)27-17-7-9-18(10-8-17)33-22(23,24)25)21(30)13-26-34(31,32)19-11-6-15-4-2-3-5-16(15)12-19/h2-12,26H,13-14H2,1H3,(H,27,29). The number of carbonyl (C=O) groups is 2. The van der Waals surface area contributed by atoms with E-state index in [9.17, 15) is 31.2 Å². The summed E-state index contributed by atoms with van der Waals surface area (Å²) in [7, 11) is -2.65. The van der Waals surface area contributed by atoms with E-state index in [1.165, 1.54) is 31.3 Å². The van der Waals surface area contributed by atoms with Crippen LogP contribution in [0.25, 0.3) is 10.8 Å². The van der Waals surface area contributed by atoms with E-state index in [0.717, 1.165) is 27.8 Å². The van der Waals surface area contributed by atoms with Crippen molar-refractivity contribution in [2.24, 2.45) is 0 Å². The molecule has 0 unspecified atom stereocenters. The second-order valence-electron chi connectivity index (χ2n) is 7.20. The Kier molecular flexibility index (Phi) is 7.42. The number of alkyl halides is 3. The lowest BCUT2D eigenvalue weighted by Crippen LogP contribution is -2.41. The molecule has 3 aromatic rings. The van der Waals surface area contributed by atoms with E-state index in [1.54, 1.807) is 18.2 Å². The van der Waals surface area contributed by atoms with Crippen molar-refractivity contribution < 1.29 is 35.9 Å². The predicted molar refractivity (Wildman–Crippen MR) is 119 cm³/mol. The first-order valence-corrected chi connectivity index (χ1v) is 11.3.